The summed E-state index contributed by atoms with van der Waals surface area (Å²) in [6.45, 7) is 7.52. The maximum absolute atomic E-state index is 9.04. The van der Waals surface area contributed by atoms with Crippen LogP contribution >= 0.6 is 0 Å². The second kappa shape index (κ2) is 3.45. The lowest BCUT2D eigenvalue weighted by Gasteiger charge is -2.34. The average molecular weight is 241 g/mol. The molecule has 1 aliphatic heterocycles. The molecular weight excluding hydrogens is 226 g/mol. The van der Waals surface area contributed by atoms with Crippen LogP contribution in [0.5, 0.6) is 0 Å². The Morgan fingerprint density at radius 1 is 1.33 bits per heavy atom. The van der Waals surface area contributed by atoms with Gasteiger partial charge in [0.1, 0.15) is 17.5 Å². The van der Waals surface area contributed by atoms with Gasteiger partial charge in [0.15, 0.2) is 5.65 Å². The summed E-state index contributed by atoms with van der Waals surface area (Å²) in [6, 6.07) is 2.13. The van der Waals surface area contributed by atoms with Crippen molar-refractivity contribution in [2.24, 2.45) is 0 Å². The molecule has 92 valence electrons. The number of fused-ring (bicyclic) bond motifs is 3. The minimum absolute atomic E-state index is 0.0400. The van der Waals surface area contributed by atoms with Gasteiger partial charge in [0.25, 0.3) is 0 Å². The highest BCUT2D eigenvalue weighted by molar-refractivity contribution is 5.63. The Labute approximate surface area is 106 Å². The van der Waals surface area contributed by atoms with Gasteiger partial charge < -0.3 is 4.90 Å². The molecule has 0 fully saturated rings. The molecule has 0 aliphatic carbocycles. The van der Waals surface area contributed by atoms with E-state index in [4.69, 9.17) is 5.26 Å². The van der Waals surface area contributed by atoms with Gasteiger partial charge in [-0.15, -0.1) is 0 Å². The SMILES string of the molecule is CC(C)(C)N1CCc2cnc3c(C#N)cnn3c21. The number of hydrogen-bond acceptors (Lipinski definition) is 4. The van der Waals surface area contributed by atoms with Gasteiger partial charge in [-0.3, -0.25) is 0 Å². The number of anilines is 1. The molecule has 0 bridgehead atoms. The first-order valence-electron chi connectivity index (χ1n) is 6.06. The maximum atomic E-state index is 9.04. The van der Waals surface area contributed by atoms with Crippen LogP contribution in [-0.4, -0.2) is 26.7 Å². The van der Waals surface area contributed by atoms with Crippen molar-refractivity contribution in [2.45, 2.75) is 32.7 Å². The predicted molar refractivity (Wildman–Crippen MR) is 68.5 cm³/mol. The summed E-state index contributed by atoms with van der Waals surface area (Å²) in [5.74, 6) is 1.08. The molecule has 0 saturated carbocycles. The molecule has 0 atom stereocenters. The standard InChI is InChI=1S/C13H15N5/c1-13(2,3)17-5-4-9-7-15-11-10(6-14)8-16-18(11)12(9)17/h7-8H,4-5H2,1-3H3. The van der Waals surface area contributed by atoms with E-state index in [1.807, 2.05) is 6.20 Å². The fourth-order valence-corrected chi connectivity index (χ4v) is 2.49. The van der Waals surface area contributed by atoms with E-state index in [1.165, 1.54) is 5.56 Å². The number of hydrogen-bond donors (Lipinski definition) is 0. The first-order valence-corrected chi connectivity index (χ1v) is 6.06. The van der Waals surface area contributed by atoms with Crippen LogP contribution in [0.1, 0.15) is 31.9 Å². The third kappa shape index (κ3) is 1.39. The molecule has 0 saturated heterocycles. The predicted octanol–water partition coefficient (Wildman–Crippen LogP) is 1.76. The van der Waals surface area contributed by atoms with E-state index >= 15 is 0 Å². The molecule has 0 spiro atoms. The van der Waals surface area contributed by atoms with Crippen molar-refractivity contribution in [3.8, 4) is 6.07 Å². The van der Waals surface area contributed by atoms with Crippen LogP contribution < -0.4 is 4.90 Å². The summed E-state index contributed by atoms with van der Waals surface area (Å²) in [7, 11) is 0. The lowest BCUT2D eigenvalue weighted by molar-refractivity contribution is 0.510. The molecule has 3 heterocycles. The van der Waals surface area contributed by atoms with E-state index in [9.17, 15) is 0 Å². The van der Waals surface area contributed by atoms with Crippen molar-refractivity contribution >= 4 is 11.5 Å². The van der Waals surface area contributed by atoms with Gasteiger partial charge in [0.05, 0.1) is 6.20 Å². The fourth-order valence-electron chi connectivity index (χ4n) is 2.49. The molecule has 1 aliphatic rings. The fraction of sp³-hybridized carbons (Fsp3) is 0.462. The molecule has 18 heavy (non-hydrogen) atoms. The third-order valence-electron chi connectivity index (χ3n) is 3.36. The summed E-state index contributed by atoms with van der Waals surface area (Å²) < 4.78 is 1.80. The second-order valence-corrected chi connectivity index (χ2v) is 5.58. The zero-order valence-electron chi connectivity index (χ0n) is 10.8. The lowest BCUT2D eigenvalue weighted by atomic mass is 10.1. The summed E-state index contributed by atoms with van der Waals surface area (Å²) in [4.78, 5) is 6.68. The molecule has 0 N–H and O–H groups in total. The molecule has 0 aromatic carbocycles. The van der Waals surface area contributed by atoms with Gasteiger partial charge in [-0.05, 0) is 27.2 Å². The molecule has 2 aromatic heterocycles. The van der Waals surface area contributed by atoms with Crippen molar-refractivity contribution in [1.29, 1.82) is 5.26 Å². The highest BCUT2D eigenvalue weighted by Crippen LogP contribution is 2.33. The summed E-state index contributed by atoms with van der Waals surface area (Å²) in [5.41, 5.74) is 2.41. The Morgan fingerprint density at radius 3 is 2.78 bits per heavy atom. The summed E-state index contributed by atoms with van der Waals surface area (Å²) in [5, 5.41) is 13.4. The molecule has 3 rings (SSSR count). The zero-order chi connectivity index (χ0) is 12.9. The van der Waals surface area contributed by atoms with Crippen LogP contribution in [0.15, 0.2) is 12.4 Å². The normalized spacial score (nSPS) is 14.9. The molecular formula is C13H15N5. The number of nitrogens with zero attached hydrogens (tertiary/aromatic N) is 5. The minimum Gasteiger partial charge on any atom is -0.351 e. The monoisotopic (exact) mass is 241 g/mol. The van der Waals surface area contributed by atoms with E-state index in [0.717, 1.165) is 18.8 Å². The van der Waals surface area contributed by atoms with E-state index in [2.05, 4.69) is 41.8 Å². The first-order chi connectivity index (χ1) is 8.52. The molecule has 2 aromatic rings. The van der Waals surface area contributed by atoms with E-state index in [0.29, 0.717) is 11.2 Å². The number of aromatic nitrogens is 3. The molecule has 0 unspecified atom stereocenters. The van der Waals surface area contributed by atoms with Crippen LogP contribution in [-0.2, 0) is 6.42 Å². The van der Waals surface area contributed by atoms with Crippen molar-refractivity contribution in [3.05, 3.63) is 23.5 Å². The van der Waals surface area contributed by atoms with E-state index in [1.54, 1.807) is 10.7 Å². The Bertz CT molecular complexity index is 656. The second-order valence-electron chi connectivity index (χ2n) is 5.58. The van der Waals surface area contributed by atoms with Crippen LogP contribution in [0.4, 0.5) is 5.82 Å². The molecule has 0 amide bonds. The third-order valence-corrected chi connectivity index (χ3v) is 3.36. The van der Waals surface area contributed by atoms with Crippen molar-refractivity contribution < 1.29 is 0 Å². The number of nitriles is 1. The largest absolute Gasteiger partial charge is 0.351 e. The highest BCUT2D eigenvalue weighted by Gasteiger charge is 2.31. The van der Waals surface area contributed by atoms with E-state index < -0.39 is 0 Å². The van der Waals surface area contributed by atoms with Gasteiger partial charge in [-0.2, -0.15) is 14.9 Å². The van der Waals surface area contributed by atoms with Crippen LogP contribution in [0, 0.1) is 11.3 Å². The first kappa shape index (κ1) is 11.0. The maximum Gasteiger partial charge on any atom is 0.175 e. The van der Waals surface area contributed by atoms with Crippen molar-refractivity contribution in [1.82, 2.24) is 14.6 Å². The topological polar surface area (TPSA) is 57.2 Å². The smallest absolute Gasteiger partial charge is 0.175 e. The van der Waals surface area contributed by atoms with Gasteiger partial charge in [-0.25, -0.2) is 4.98 Å². The van der Waals surface area contributed by atoms with Crippen molar-refractivity contribution in [3.63, 3.8) is 0 Å². The average Bonchev–Trinajstić information content (AvgIpc) is 2.90. The van der Waals surface area contributed by atoms with Gasteiger partial charge in [0, 0.05) is 23.8 Å². The Balaban J connectivity index is 2.29. The van der Waals surface area contributed by atoms with Gasteiger partial charge in [0.2, 0.25) is 0 Å². The Kier molecular flexibility index (Phi) is 2.11. The van der Waals surface area contributed by atoms with E-state index in [-0.39, 0.29) is 5.54 Å². The highest BCUT2D eigenvalue weighted by atomic mass is 15.4. The summed E-state index contributed by atoms with van der Waals surface area (Å²) in [6.07, 6.45) is 4.44. The minimum atomic E-state index is 0.0400. The lowest BCUT2D eigenvalue weighted by Crippen LogP contribution is -2.41. The molecule has 0 radical (unpaired) electrons. The Morgan fingerprint density at radius 2 is 2.11 bits per heavy atom. The van der Waals surface area contributed by atoms with Crippen LogP contribution in [0.2, 0.25) is 0 Å². The zero-order valence-corrected chi connectivity index (χ0v) is 10.8. The van der Waals surface area contributed by atoms with Gasteiger partial charge >= 0.3 is 0 Å². The van der Waals surface area contributed by atoms with Crippen LogP contribution in [0.25, 0.3) is 5.65 Å². The quantitative estimate of drug-likeness (QED) is 0.705. The van der Waals surface area contributed by atoms with Crippen molar-refractivity contribution in [2.75, 3.05) is 11.4 Å². The number of rotatable bonds is 0. The van der Waals surface area contributed by atoms with Gasteiger partial charge in [-0.1, -0.05) is 0 Å². The van der Waals surface area contributed by atoms with Crippen LogP contribution in [0.3, 0.4) is 0 Å². The molecule has 5 heteroatoms. The summed E-state index contributed by atoms with van der Waals surface area (Å²) >= 11 is 0. The molecule has 5 nitrogen and oxygen atoms in total. The Hall–Kier alpha value is -2.09.